The zero-order valence-electron chi connectivity index (χ0n) is 16.0. The number of piperazine rings is 1. The standard InChI is InChI=1S/C23H21N5O/c29-22-17-26(11-12-27(22)20-9-5-2-6-10-20)15-18-13-24-23-21(14-25-28(23)16-18)19-7-3-1-4-8-19/h1-10,13-14,16H,11-12,15,17H2. The summed E-state index contributed by atoms with van der Waals surface area (Å²) in [5, 5.41) is 4.48. The normalized spacial score (nSPS) is 15.2. The van der Waals surface area contributed by atoms with Crippen LogP contribution in [0.1, 0.15) is 5.56 Å². The smallest absolute Gasteiger partial charge is 0.241 e. The summed E-state index contributed by atoms with van der Waals surface area (Å²) in [4.78, 5) is 21.3. The van der Waals surface area contributed by atoms with Gasteiger partial charge < -0.3 is 4.90 Å². The van der Waals surface area contributed by atoms with E-state index in [9.17, 15) is 4.79 Å². The molecule has 2 aromatic carbocycles. The van der Waals surface area contributed by atoms with E-state index in [0.717, 1.165) is 34.6 Å². The zero-order chi connectivity index (χ0) is 19.6. The van der Waals surface area contributed by atoms with Crippen LogP contribution in [-0.2, 0) is 11.3 Å². The maximum atomic E-state index is 12.6. The Labute approximate surface area is 169 Å². The number of nitrogens with zero attached hydrogens (tertiary/aromatic N) is 5. The first-order valence-electron chi connectivity index (χ1n) is 9.73. The third-order valence-electron chi connectivity index (χ3n) is 5.27. The van der Waals surface area contributed by atoms with E-state index in [1.807, 2.05) is 76.5 Å². The quantitative estimate of drug-likeness (QED) is 0.543. The third-order valence-corrected chi connectivity index (χ3v) is 5.27. The molecule has 0 spiro atoms. The molecule has 1 saturated heterocycles. The number of benzene rings is 2. The van der Waals surface area contributed by atoms with Crippen molar-refractivity contribution in [3.63, 3.8) is 0 Å². The van der Waals surface area contributed by atoms with Crippen LogP contribution in [0.4, 0.5) is 5.69 Å². The Balaban J connectivity index is 1.31. The van der Waals surface area contributed by atoms with Crippen LogP contribution in [0.5, 0.6) is 0 Å². The summed E-state index contributed by atoms with van der Waals surface area (Å²) in [7, 11) is 0. The van der Waals surface area contributed by atoms with E-state index in [1.54, 1.807) is 0 Å². The third kappa shape index (κ3) is 3.50. The van der Waals surface area contributed by atoms with Crippen LogP contribution in [0.25, 0.3) is 16.8 Å². The van der Waals surface area contributed by atoms with Crippen molar-refractivity contribution in [2.24, 2.45) is 0 Å². The molecule has 0 aliphatic carbocycles. The average Bonchev–Trinajstić information content (AvgIpc) is 3.18. The molecule has 5 rings (SSSR count). The number of anilines is 1. The van der Waals surface area contributed by atoms with Gasteiger partial charge in [0.25, 0.3) is 0 Å². The van der Waals surface area contributed by atoms with E-state index in [1.165, 1.54) is 0 Å². The Kier molecular flexibility index (Phi) is 4.54. The number of hydrogen-bond donors (Lipinski definition) is 0. The van der Waals surface area contributed by atoms with E-state index in [-0.39, 0.29) is 5.91 Å². The molecule has 144 valence electrons. The van der Waals surface area contributed by atoms with Crippen molar-refractivity contribution in [1.29, 1.82) is 0 Å². The fraction of sp³-hybridized carbons (Fsp3) is 0.174. The van der Waals surface area contributed by atoms with Crippen LogP contribution < -0.4 is 4.90 Å². The molecule has 1 aliphatic rings. The highest BCUT2D eigenvalue weighted by molar-refractivity contribution is 5.95. The number of hydrogen-bond acceptors (Lipinski definition) is 4. The van der Waals surface area contributed by atoms with Crippen molar-refractivity contribution >= 4 is 17.2 Å². The molecule has 0 unspecified atom stereocenters. The molecule has 0 atom stereocenters. The Morgan fingerprint density at radius 2 is 1.66 bits per heavy atom. The molecule has 0 N–H and O–H groups in total. The Bertz CT molecular complexity index is 1140. The number of fused-ring (bicyclic) bond motifs is 1. The van der Waals surface area contributed by atoms with Gasteiger partial charge in [0, 0.05) is 48.8 Å². The lowest BCUT2D eigenvalue weighted by atomic mass is 10.1. The fourth-order valence-corrected chi connectivity index (χ4v) is 3.81. The maximum absolute atomic E-state index is 12.6. The van der Waals surface area contributed by atoms with Gasteiger partial charge in [0.05, 0.1) is 12.7 Å². The van der Waals surface area contributed by atoms with E-state index in [0.29, 0.717) is 19.6 Å². The van der Waals surface area contributed by atoms with Crippen LogP contribution in [0.2, 0.25) is 0 Å². The van der Waals surface area contributed by atoms with Crippen LogP contribution in [0, 0.1) is 0 Å². The largest absolute Gasteiger partial charge is 0.310 e. The van der Waals surface area contributed by atoms with Gasteiger partial charge in [0.2, 0.25) is 5.91 Å². The van der Waals surface area contributed by atoms with Gasteiger partial charge in [-0.3, -0.25) is 9.69 Å². The summed E-state index contributed by atoms with van der Waals surface area (Å²) in [6, 6.07) is 20.0. The minimum Gasteiger partial charge on any atom is -0.310 e. The average molecular weight is 383 g/mol. The van der Waals surface area contributed by atoms with Gasteiger partial charge in [-0.15, -0.1) is 0 Å². The van der Waals surface area contributed by atoms with E-state index < -0.39 is 0 Å². The first-order chi connectivity index (χ1) is 14.3. The molecule has 0 saturated carbocycles. The monoisotopic (exact) mass is 383 g/mol. The van der Waals surface area contributed by atoms with Crippen LogP contribution in [-0.4, -0.2) is 45.0 Å². The van der Waals surface area contributed by atoms with Crippen LogP contribution in [0.3, 0.4) is 0 Å². The molecular weight excluding hydrogens is 362 g/mol. The molecule has 1 fully saturated rings. The molecule has 1 amide bonds. The number of aromatic nitrogens is 3. The molecule has 1 aliphatic heterocycles. The second kappa shape index (κ2) is 7.48. The molecule has 6 heteroatoms. The van der Waals surface area contributed by atoms with Gasteiger partial charge in [0.1, 0.15) is 0 Å². The predicted molar refractivity (Wildman–Crippen MR) is 112 cm³/mol. The SMILES string of the molecule is O=C1CN(Cc2cnc3c(-c4ccccc4)cnn3c2)CCN1c1ccccc1. The zero-order valence-corrected chi connectivity index (χ0v) is 16.0. The number of rotatable bonds is 4. The maximum Gasteiger partial charge on any atom is 0.241 e. The summed E-state index contributed by atoms with van der Waals surface area (Å²) in [5.41, 5.74) is 4.96. The van der Waals surface area contributed by atoms with Crippen LogP contribution >= 0.6 is 0 Å². The van der Waals surface area contributed by atoms with Gasteiger partial charge >= 0.3 is 0 Å². The van der Waals surface area contributed by atoms with Gasteiger partial charge in [0.15, 0.2) is 5.65 Å². The highest BCUT2D eigenvalue weighted by atomic mass is 16.2. The Hall–Kier alpha value is -3.51. The lowest BCUT2D eigenvalue weighted by molar-refractivity contribution is -0.121. The summed E-state index contributed by atoms with van der Waals surface area (Å²) in [6.07, 6.45) is 5.74. The molecule has 3 heterocycles. The van der Waals surface area contributed by atoms with E-state index in [2.05, 4.69) is 27.1 Å². The molecule has 0 bridgehead atoms. The molecule has 0 radical (unpaired) electrons. The van der Waals surface area contributed by atoms with E-state index >= 15 is 0 Å². The minimum atomic E-state index is 0.127. The van der Waals surface area contributed by atoms with E-state index in [4.69, 9.17) is 0 Å². The van der Waals surface area contributed by atoms with Crippen molar-refractivity contribution < 1.29 is 4.79 Å². The number of amides is 1. The van der Waals surface area contributed by atoms with Crippen molar-refractivity contribution in [2.75, 3.05) is 24.5 Å². The Morgan fingerprint density at radius 1 is 0.897 bits per heavy atom. The van der Waals surface area contributed by atoms with Crippen molar-refractivity contribution in [3.05, 3.63) is 84.8 Å². The molecule has 29 heavy (non-hydrogen) atoms. The highest BCUT2D eigenvalue weighted by Gasteiger charge is 2.25. The summed E-state index contributed by atoms with van der Waals surface area (Å²) < 4.78 is 1.82. The Morgan fingerprint density at radius 3 is 2.41 bits per heavy atom. The van der Waals surface area contributed by atoms with Gasteiger partial charge in [-0.1, -0.05) is 48.5 Å². The topological polar surface area (TPSA) is 53.7 Å². The summed E-state index contributed by atoms with van der Waals surface area (Å²) >= 11 is 0. The second-order valence-corrected chi connectivity index (χ2v) is 7.25. The van der Waals surface area contributed by atoms with Crippen molar-refractivity contribution in [3.8, 4) is 11.1 Å². The molecule has 2 aromatic heterocycles. The number of para-hydroxylation sites is 1. The second-order valence-electron chi connectivity index (χ2n) is 7.25. The number of carbonyl (C=O) groups excluding carboxylic acids is 1. The highest BCUT2D eigenvalue weighted by Crippen LogP contribution is 2.23. The minimum absolute atomic E-state index is 0.127. The summed E-state index contributed by atoms with van der Waals surface area (Å²) in [6.45, 7) is 2.60. The van der Waals surface area contributed by atoms with Gasteiger partial charge in [-0.05, 0) is 17.7 Å². The number of carbonyl (C=O) groups is 1. The first-order valence-corrected chi connectivity index (χ1v) is 9.73. The predicted octanol–water partition coefficient (Wildman–Crippen LogP) is 3.25. The molecule has 6 nitrogen and oxygen atoms in total. The first kappa shape index (κ1) is 17.6. The van der Waals surface area contributed by atoms with Crippen molar-refractivity contribution in [1.82, 2.24) is 19.5 Å². The van der Waals surface area contributed by atoms with Gasteiger partial charge in [-0.2, -0.15) is 5.10 Å². The summed E-state index contributed by atoms with van der Waals surface area (Å²) in [5.74, 6) is 0.127. The lowest BCUT2D eigenvalue weighted by Crippen LogP contribution is -2.50. The fourth-order valence-electron chi connectivity index (χ4n) is 3.81. The van der Waals surface area contributed by atoms with Gasteiger partial charge in [-0.25, -0.2) is 9.50 Å². The van der Waals surface area contributed by atoms with Crippen LogP contribution in [0.15, 0.2) is 79.3 Å². The molecular formula is C23H21N5O. The molecule has 4 aromatic rings. The lowest BCUT2D eigenvalue weighted by Gasteiger charge is -2.34. The van der Waals surface area contributed by atoms with Crippen molar-refractivity contribution in [2.45, 2.75) is 6.54 Å².